The molecule has 1 aromatic carbocycles. The maximum absolute atomic E-state index is 12.2. The maximum atomic E-state index is 12.2. The highest BCUT2D eigenvalue weighted by Crippen LogP contribution is 2.24. The number of amides is 1. The Morgan fingerprint density at radius 1 is 1.36 bits per heavy atom. The summed E-state index contributed by atoms with van der Waals surface area (Å²) in [5, 5.41) is 6.15. The van der Waals surface area contributed by atoms with Crippen LogP contribution < -0.4 is 15.4 Å². The summed E-state index contributed by atoms with van der Waals surface area (Å²) in [5.41, 5.74) is 0.711. The lowest BCUT2D eigenvalue weighted by molar-refractivity contribution is -0.153. The number of carbonyl (C=O) groups is 1. The number of benzene rings is 1. The summed E-state index contributed by atoms with van der Waals surface area (Å²) in [6, 6.07) is 6.35. The largest absolute Gasteiger partial charge is 0.484 e. The number of hydrogen-bond acceptors (Lipinski definition) is 3. The van der Waals surface area contributed by atoms with Crippen molar-refractivity contribution in [3.8, 4) is 5.75 Å². The van der Waals surface area contributed by atoms with Crippen molar-refractivity contribution in [1.82, 2.24) is 10.6 Å². The molecule has 0 aromatic heterocycles. The molecule has 1 aliphatic heterocycles. The summed E-state index contributed by atoms with van der Waals surface area (Å²) >= 11 is 0. The van der Waals surface area contributed by atoms with Crippen molar-refractivity contribution in [2.45, 2.75) is 38.9 Å². The second-order valence-electron chi connectivity index (χ2n) is 6.60. The Morgan fingerprint density at radius 3 is 2.76 bits per heavy atom. The van der Waals surface area contributed by atoms with Gasteiger partial charge in [0.25, 0.3) is 0 Å². The predicted molar refractivity (Wildman–Crippen MR) is 89.2 cm³/mol. The van der Waals surface area contributed by atoms with E-state index in [1.165, 1.54) is 12.1 Å². The highest BCUT2D eigenvalue weighted by molar-refractivity contribution is 5.76. The van der Waals surface area contributed by atoms with E-state index >= 15 is 0 Å². The van der Waals surface area contributed by atoms with E-state index in [1.54, 1.807) is 12.1 Å². The van der Waals surface area contributed by atoms with Crippen LogP contribution in [0.15, 0.2) is 24.3 Å². The van der Waals surface area contributed by atoms with Gasteiger partial charge in [0.2, 0.25) is 5.91 Å². The van der Waals surface area contributed by atoms with Crippen molar-refractivity contribution < 1.29 is 22.7 Å². The van der Waals surface area contributed by atoms with Crippen LogP contribution in [0.3, 0.4) is 0 Å². The van der Waals surface area contributed by atoms with Crippen molar-refractivity contribution in [2.24, 2.45) is 11.8 Å². The number of alkyl halides is 3. The fourth-order valence-corrected chi connectivity index (χ4v) is 3.06. The number of carbonyl (C=O) groups excluding carboxylic acids is 1. The molecule has 0 spiro atoms. The number of ether oxygens (including phenoxy) is 1. The topological polar surface area (TPSA) is 50.4 Å². The van der Waals surface area contributed by atoms with E-state index in [9.17, 15) is 18.0 Å². The van der Waals surface area contributed by atoms with Gasteiger partial charge in [-0.05, 0) is 55.5 Å². The molecule has 1 heterocycles. The van der Waals surface area contributed by atoms with Gasteiger partial charge in [0.1, 0.15) is 5.75 Å². The van der Waals surface area contributed by atoms with E-state index in [-0.39, 0.29) is 18.2 Å². The smallest absolute Gasteiger partial charge is 0.422 e. The van der Waals surface area contributed by atoms with E-state index in [2.05, 4.69) is 17.6 Å². The van der Waals surface area contributed by atoms with Gasteiger partial charge in [-0.25, -0.2) is 0 Å². The van der Waals surface area contributed by atoms with Crippen LogP contribution in [0.1, 0.15) is 31.7 Å². The average molecular weight is 358 g/mol. The van der Waals surface area contributed by atoms with Crippen LogP contribution in [-0.4, -0.2) is 31.8 Å². The molecule has 1 aromatic rings. The zero-order valence-electron chi connectivity index (χ0n) is 14.4. The molecule has 2 rings (SSSR count). The second-order valence-corrected chi connectivity index (χ2v) is 6.60. The molecule has 1 saturated heterocycles. The fourth-order valence-electron chi connectivity index (χ4n) is 3.06. The first-order valence-corrected chi connectivity index (χ1v) is 8.59. The lowest BCUT2D eigenvalue weighted by Crippen LogP contribution is -2.33. The minimum absolute atomic E-state index is 0.0346. The number of nitrogens with one attached hydrogen (secondary N) is 2. The summed E-state index contributed by atoms with van der Waals surface area (Å²) in [6.45, 7) is 3.06. The van der Waals surface area contributed by atoms with Gasteiger partial charge in [0.05, 0.1) is 0 Å². The molecule has 25 heavy (non-hydrogen) atoms. The van der Waals surface area contributed by atoms with Gasteiger partial charge < -0.3 is 15.4 Å². The first kappa shape index (κ1) is 19.6. The van der Waals surface area contributed by atoms with Crippen molar-refractivity contribution >= 4 is 5.91 Å². The van der Waals surface area contributed by atoms with Gasteiger partial charge in [-0.2, -0.15) is 13.2 Å². The number of rotatable bonds is 7. The maximum Gasteiger partial charge on any atom is 0.422 e. The molecular formula is C18H25F3N2O2. The first-order valence-electron chi connectivity index (χ1n) is 8.59. The quantitative estimate of drug-likeness (QED) is 0.787. The Kier molecular flexibility index (Phi) is 7.11. The Bertz CT molecular complexity index is 557. The Hall–Kier alpha value is -1.76. The summed E-state index contributed by atoms with van der Waals surface area (Å²) in [7, 11) is 0. The third-order valence-corrected chi connectivity index (χ3v) is 4.49. The zero-order chi connectivity index (χ0) is 18.3. The van der Waals surface area contributed by atoms with Gasteiger partial charge in [-0.3, -0.25) is 4.79 Å². The average Bonchev–Trinajstić information content (AvgIpc) is 2.59. The Morgan fingerprint density at radius 2 is 2.08 bits per heavy atom. The molecule has 4 nitrogen and oxygen atoms in total. The minimum atomic E-state index is -4.37. The summed E-state index contributed by atoms with van der Waals surface area (Å²) < 4.78 is 41.3. The van der Waals surface area contributed by atoms with Crippen molar-refractivity contribution in [2.75, 3.05) is 19.7 Å². The Balaban J connectivity index is 1.77. The van der Waals surface area contributed by atoms with Crippen molar-refractivity contribution in [3.05, 3.63) is 29.8 Å². The molecule has 2 N–H and O–H groups in total. The molecule has 1 amide bonds. The van der Waals surface area contributed by atoms with Crippen LogP contribution >= 0.6 is 0 Å². The third kappa shape index (κ3) is 7.34. The lowest BCUT2D eigenvalue weighted by Gasteiger charge is -2.27. The molecule has 1 fully saturated rings. The molecule has 1 atom stereocenters. The van der Waals surface area contributed by atoms with E-state index in [0.717, 1.165) is 25.9 Å². The molecular weight excluding hydrogens is 333 g/mol. The molecule has 7 heteroatoms. The number of hydrogen-bond donors (Lipinski definition) is 2. The molecule has 0 saturated carbocycles. The van der Waals surface area contributed by atoms with E-state index in [4.69, 9.17) is 4.74 Å². The van der Waals surface area contributed by atoms with Gasteiger partial charge in [0, 0.05) is 13.0 Å². The van der Waals surface area contributed by atoms with Crippen LogP contribution in [-0.2, 0) is 11.3 Å². The van der Waals surface area contributed by atoms with E-state index < -0.39 is 12.8 Å². The van der Waals surface area contributed by atoms with E-state index in [0.29, 0.717) is 23.8 Å². The molecule has 140 valence electrons. The lowest BCUT2D eigenvalue weighted by atomic mass is 9.84. The highest BCUT2D eigenvalue weighted by Gasteiger charge is 2.28. The predicted octanol–water partition coefficient (Wildman–Crippen LogP) is 3.27. The Labute approximate surface area is 146 Å². The van der Waals surface area contributed by atoms with Gasteiger partial charge in [-0.1, -0.05) is 19.1 Å². The molecule has 0 bridgehead atoms. The monoisotopic (exact) mass is 358 g/mol. The molecule has 1 aliphatic rings. The highest BCUT2D eigenvalue weighted by atomic mass is 19.4. The van der Waals surface area contributed by atoms with E-state index in [1.807, 2.05) is 0 Å². The van der Waals surface area contributed by atoms with Crippen molar-refractivity contribution in [1.29, 1.82) is 0 Å². The summed E-state index contributed by atoms with van der Waals surface area (Å²) in [4.78, 5) is 12.1. The number of piperidine rings is 1. The fraction of sp³-hybridized carbons (Fsp3) is 0.611. The third-order valence-electron chi connectivity index (χ3n) is 4.49. The molecule has 1 unspecified atom stereocenters. The zero-order valence-corrected chi connectivity index (χ0v) is 14.4. The molecule has 0 aliphatic carbocycles. The second kappa shape index (κ2) is 9.08. The minimum Gasteiger partial charge on any atom is -0.484 e. The normalized spacial score (nSPS) is 17.1. The van der Waals surface area contributed by atoms with Gasteiger partial charge in [-0.15, -0.1) is 0 Å². The van der Waals surface area contributed by atoms with Crippen LogP contribution in [0.25, 0.3) is 0 Å². The molecule has 0 radical (unpaired) electrons. The summed E-state index contributed by atoms with van der Waals surface area (Å²) in [5.74, 6) is 0.995. The van der Waals surface area contributed by atoms with Crippen LogP contribution in [0.4, 0.5) is 13.2 Å². The van der Waals surface area contributed by atoms with Gasteiger partial charge >= 0.3 is 6.18 Å². The van der Waals surface area contributed by atoms with Crippen molar-refractivity contribution in [3.63, 3.8) is 0 Å². The van der Waals surface area contributed by atoms with Gasteiger partial charge in [0.15, 0.2) is 6.61 Å². The van der Waals surface area contributed by atoms with Crippen LogP contribution in [0, 0.1) is 11.8 Å². The first-order chi connectivity index (χ1) is 11.8. The SMILES string of the molecule is CC(CC(=O)NCc1cccc(OCC(F)(F)F)c1)C1CCNCC1. The standard InChI is InChI=1S/C18H25F3N2O2/c1-13(15-5-7-22-8-6-15)9-17(24)23-11-14-3-2-4-16(10-14)25-12-18(19,20)21/h2-4,10,13,15,22H,5-9,11-12H2,1H3,(H,23,24). The van der Waals surface area contributed by atoms with Crippen LogP contribution in [0.5, 0.6) is 5.75 Å². The summed E-state index contributed by atoms with van der Waals surface area (Å²) in [6.07, 6.45) is -1.72. The number of halogens is 3. The van der Waals surface area contributed by atoms with Crippen LogP contribution in [0.2, 0.25) is 0 Å².